The molecule has 0 saturated carbocycles. The fourth-order valence-corrected chi connectivity index (χ4v) is 2.70. The zero-order chi connectivity index (χ0) is 13.0. The van der Waals surface area contributed by atoms with E-state index in [0.717, 1.165) is 26.2 Å². The number of rotatable bonds is 4. The minimum Gasteiger partial charge on any atom is -0.378 e. The third-order valence-corrected chi connectivity index (χ3v) is 4.02. The molecule has 5 heteroatoms. The van der Waals surface area contributed by atoms with E-state index < -0.39 is 0 Å². The van der Waals surface area contributed by atoms with Crippen molar-refractivity contribution in [3.63, 3.8) is 0 Å². The Kier molecular flexibility index (Phi) is 4.97. The van der Waals surface area contributed by atoms with Crippen molar-refractivity contribution in [2.75, 3.05) is 46.4 Å². The molecule has 0 spiro atoms. The molecule has 2 saturated heterocycles. The first-order chi connectivity index (χ1) is 8.66. The molecule has 1 amide bonds. The minimum atomic E-state index is 0.255. The van der Waals surface area contributed by atoms with Crippen LogP contribution in [0.15, 0.2) is 0 Å². The molecule has 2 atom stereocenters. The maximum atomic E-state index is 11.9. The van der Waals surface area contributed by atoms with Gasteiger partial charge in [-0.2, -0.15) is 0 Å². The van der Waals surface area contributed by atoms with Crippen molar-refractivity contribution in [2.24, 2.45) is 0 Å². The Morgan fingerprint density at radius 3 is 2.72 bits per heavy atom. The molecular weight excluding hydrogens is 230 g/mol. The van der Waals surface area contributed by atoms with Crippen LogP contribution in [0.25, 0.3) is 0 Å². The summed E-state index contributed by atoms with van der Waals surface area (Å²) < 4.78 is 5.24. The molecule has 0 aromatic carbocycles. The molecule has 0 aliphatic carbocycles. The lowest BCUT2D eigenvalue weighted by Gasteiger charge is -2.27. The monoisotopic (exact) mass is 255 g/mol. The van der Waals surface area contributed by atoms with Crippen LogP contribution in [0.2, 0.25) is 0 Å². The van der Waals surface area contributed by atoms with Gasteiger partial charge in [-0.3, -0.25) is 4.79 Å². The van der Waals surface area contributed by atoms with Gasteiger partial charge in [0.25, 0.3) is 0 Å². The predicted octanol–water partition coefficient (Wildman–Crippen LogP) is -0.0825. The number of carbonyl (C=O) groups excluding carboxylic acids is 1. The molecule has 2 rings (SSSR count). The number of amides is 1. The Balaban J connectivity index is 1.61. The topological polar surface area (TPSA) is 44.8 Å². The van der Waals surface area contributed by atoms with E-state index in [0.29, 0.717) is 31.7 Å². The quantitative estimate of drug-likeness (QED) is 0.763. The van der Waals surface area contributed by atoms with Gasteiger partial charge >= 0.3 is 0 Å². The average Bonchev–Trinajstić information content (AvgIpc) is 2.69. The Bertz CT molecular complexity index is 269. The van der Waals surface area contributed by atoms with Gasteiger partial charge in [0.1, 0.15) is 0 Å². The number of hydrogen-bond acceptors (Lipinski definition) is 4. The first kappa shape index (κ1) is 13.8. The van der Waals surface area contributed by atoms with Crippen molar-refractivity contribution in [3.05, 3.63) is 0 Å². The van der Waals surface area contributed by atoms with E-state index in [4.69, 9.17) is 4.74 Å². The second-order valence-electron chi connectivity index (χ2n) is 5.42. The Morgan fingerprint density at radius 2 is 2.11 bits per heavy atom. The first-order valence-electron chi connectivity index (χ1n) is 6.96. The van der Waals surface area contributed by atoms with Gasteiger partial charge in [0.05, 0.1) is 13.2 Å². The molecule has 2 heterocycles. The number of ether oxygens (including phenoxy) is 1. The van der Waals surface area contributed by atoms with E-state index in [1.165, 1.54) is 6.42 Å². The summed E-state index contributed by atoms with van der Waals surface area (Å²) >= 11 is 0. The summed E-state index contributed by atoms with van der Waals surface area (Å²) in [7, 11) is 2.16. The molecule has 0 bridgehead atoms. The molecule has 0 aromatic heterocycles. The van der Waals surface area contributed by atoms with Crippen molar-refractivity contribution in [2.45, 2.75) is 31.8 Å². The van der Waals surface area contributed by atoms with Crippen molar-refractivity contribution in [1.82, 2.24) is 15.1 Å². The van der Waals surface area contributed by atoms with Gasteiger partial charge in [-0.05, 0) is 20.4 Å². The fourth-order valence-electron chi connectivity index (χ4n) is 2.70. The van der Waals surface area contributed by atoms with E-state index in [9.17, 15) is 4.79 Å². The fraction of sp³-hybridized carbons (Fsp3) is 0.923. The Morgan fingerprint density at radius 1 is 1.39 bits per heavy atom. The number of morpholine rings is 1. The van der Waals surface area contributed by atoms with Crippen LogP contribution in [0.1, 0.15) is 19.8 Å². The summed E-state index contributed by atoms with van der Waals surface area (Å²) in [6.45, 7) is 7.01. The van der Waals surface area contributed by atoms with Crippen LogP contribution >= 0.6 is 0 Å². The van der Waals surface area contributed by atoms with E-state index in [1.807, 2.05) is 4.90 Å². The maximum absolute atomic E-state index is 11.9. The number of nitrogens with zero attached hydrogens (tertiary/aromatic N) is 2. The summed E-state index contributed by atoms with van der Waals surface area (Å²) in [5, 5.41) is 3.49. The maximum Gasteiger partial charge on any atom is 0.224 e. The molecule has 104 valence electrons. The number of likely N-dealkylation sites (tertiary alicyclic amines) is 1. The molecule has 2 unspecified atom stereocenters. The van der Waals surface area contributed by atoms with Gasteiger partial charge in [-0.1, -0.05) is 0 Å². The van der Waals surface area contributed by atoms with Crippen molar-refractivity contribution >= 4 is 5.91 Å². The van der Waals surface area contributed by atoms with Gasteiger partial charge in [0.15, 0.2) is 0 Å². The lowest BCUT2D eigenvalue weighted by Crippen LogP contribution is -2.42. The Hall–Kier alpha value is -0.650. The minimum absolute atomic E-state index is 0.255. The summed E-state index contributed by atoms with van der Waals surface area (Å²) in [5.41, 5.74) is 0. The molecule has 2 aliphatic rings. The summed E-state index contributed by atoms with van der Waals surface area (Å²) in [6, 6.07) is 1.19. The van der Waals surface area contributed by atoms with E-state index in [-0.39, 0.29) is 5.91 Å². The highest BCUT2D eigenvalue weighted by Crippen LogP contribution is 2.14. The van der Waals surface area contributed by atoms with Crippen LogP contribution in [-0.4, -0.2) is 74.2 Å². The second kappa shape index (κ2) is 6.50. The molecule has 0 radical (unpaired) electrons. The Labute approximate surface area is 109 Å². The lowest BCUT2D eigenvalue weighted by atomic mass is 10.2. The predicted molar refractivity (Wildman–Crippen MR) is 70.5 cm³/mol. The highest BCUT2D eigenvalue weighted by atomic mass is 16.5. The molecular formula is C13H25N3O2. The van der Waals surface area contributed by atoms with E-state index in [2.05, 4.69) is 24.2 Å². The van der Waals surface area contributed by atoms with Gasteiger partial charge in [-0.15, -0.1) is 0 Å². The molecule has 0 aromatic rings. The van der Waals surface area contributed by atoms with Gasteiger partial charge in [0, 0.05) is 44.7 Å². The van der Waals surface area contributed by atoms with Gasteiger partial charge in [-0.25, -0.2) is 0 Å². The molecule has 18 heavy (non-hydrogen) atoms. The van der Waals surface area contributed by atoms with Crippen LogP contribution < -0.4 is 5.32 Å². The van der Waals surface area contributed by atoms with Crippen LogP contribution in [0.4, 0.5) is 0 Å². The smallest absolute Gasteiger partial charge is 0.224 e. The number of likely N-dealkylation sites (N-methyl/N-ethyl adjacent to an activating group) is 1. The summed E-state index contributed by atoms with van der Waals surface area (Å²) in [4.78, 5) is 16.2. The number of nitrogens with one attached hydrogen (secondary N) is 1. The molecule has 1 N–H and O–H groups in total. The van der Waals surface area contributed by atoms with Gasteiger partial charge in [0.2, 0.25) is 5.91 Å². The largest absolute Gasteiger partial charge is 0.378 e. The van der Waals surface area contributed by atoms with Gasteiger partial charge < -0.3 is 19.9 Å². The van der Waals surface area contributed by atoms with Crippen LogP contribution in [0.5, 0.6) is 0 Å². The molecule has 5 nitrogen and oxygen atoms in total. The van der Waals surface area contributed by atoms with Crippen LogP contribution in [-0.2, 0) is 9.53 Å². The standard InChI is InChI=1S/C13H25N3O2/c1-11-9-12(10-15(11)2)14-4-3-13(17)16-5-7-18-8-6-16/h11-12,14H,3-10H2,1-2H3. The highest BCUT2D eigenvalue weighted by molar-refractivity contribution is 5.76. The summed E-state index contributed by atoms with van der Waals surface area (Å²) in [5.74, 6) is 0.255. The van der Waals surface area contributed by atoms with Crippen molar-refractivity contribution in [3.8, 4) is 0 Å². The normalized spacial score (nSPS) is 29.8. The second-order valence-corrected chi connectivity index (χ2v) is 5.42. The van der Waals surface area contributed by atoms with Crippen molar-refractivity contribution < 1.29 is 9.53 Å². The van der Waals surface area contributed by atoms with E-state index >= 15 is 0 Å². The molecule has 2 aliphatic heterocycles. The average molecular weight is 255 g/mol. The summed E-state index contributed by atoms with van der Waals surface area (Å²) in [6.07, 6.45) is 1.79. The van der Waals surface area contributed by atoms with Crippen molar-refractivity contribution in [1.29, 1.82) is 0 Å². The molecule has 2 fully saturated rings. The third-order valence-electron chi connectivity index (χ3n) is 4.02. The number of hydrogen-bond donors (Lipinski definition) is 1. The van der Waals surface area contributed by atoms with Crippen LogP contribution in [0.3, 0.4) is 0 Å². The zero-order valence-corrected chi connectivity index (χ0v) is 11.5. The van der Waals surface area contributed by atoms with E-state index in [1.54, 1.807) is 0 Å². The highest BCUT2D eigenvalue weighted by Gasteiger charge is 2.25. The lowest BCUT2D eigenvalue weighted by molar-refractivity contribution is -0.135. The van der Waals surface area contributed by atoms with Crippen LogP contribution in [0, 0.1) is 0 Å². The zero-order valence-electron chi connectivity index (χ0n) is 11.5. The first-order valence-corrected chi connectivity index (χ1v) is 6.96. The SMILES string of the molecule is CC1CC(NCCC(=O)N2CCOCC2)CN1C. The third kappa shape index (κ3) is 3.67. The number of carbonyl (C=O) groups is 1.